The van der Waals surface area contributed by atoms with Crippen LogP contribution in [0.25, 0.3) is 0 Å². The molecule has 2 fully saturated rings. The van der Waals surface area contributed by atoms with E-state index in [0.29, 0.717) is 30.0 Å². The zero-order valence-corrected chi connectivity index (χ0v) is 16.6. The number of piperazine rings is 1. The van der Waals surface area contributed by atoms with E-state index in [2.05, 4.69) is 0 Å². The molecule has 1 amide bonds. The standard InChI is InChI=1S/C17H24N2O5S2/c1-13-3-4-16(14(2)11-13)26(23,24)19-8-6-18(7-9-19)17(20)15-5-10-25(21,22)12-15/h3-4,11,15H,5-10,12H2,1-2H3/t15-/m1/s1. The van der Waals surface area contributed by atoms with E-state index in [4.69, 9.17) is 0 Å². The Bertz CT molecular complexity index is 916. The number of sulfonamides is 1. The quantitative estimate of drug-likeness (QED) is 0.740. The molecular formula is C17H24N2O5S2. The van der Waals surface area contributed by atoms with Crippen molar-refractivity contribution in [3.05, 3.63) is 29.3 Å². The van der Waals surface area contributed by atoms with Gasteiger partial charge in [-0.2, -0.15) is 4.31 Å². The molecule has 1 aromatic rings. The van der Waals surface area contributed by atoms with Gasteiger partial charge in [-0.25, -0.2) is 16.8 Å². The number of hydrogen-bond donors (Lipinski definition) is 0. The first-order chi connectivity index (χ1) is 12.1. The summed E-state index contributed by atoms with van der Waals surface area (Å²) in [5.41, 5.74) is 1.71. The second-order valence-electron chi connectivity index (χ2n) is 7.10. The number of amides is 1. The monoisotopic (exact) mass is 400 g/mol. The molecule has 0 saturated carbocycles. The van der Waals surface area contributed by atoms with Crippen LogP contribution >= 0.6 is 0 Å². The topological polar surface area (TPSA) is 91.8 Å². The maximum absolute atomic E-state index is 12.9. The molecule has 2 aliphatic rings. The molecule has 3 rings (SSSR count). The van der Waals surface area contributed by atoms with Gasteiger partial charge in [0.15, 0.2) is 9.84 Å². The van der Waals surface area contributed by atoms with Crippen molar-refractivity contribution in [3.8, 4) is 0 Å². The molecule has 0 spiro atoms. The summed E-state index contributed by atoms with van der Waals surface area (Å²) in [4.78, 5) is 14.4. The fourth-order valence-electron chi connectivity index (χ4n) is 3.62. The average molecular weight is 401 g/mol. The van der Waals surface area contributed by atoms with Crippen LogP contribution in [0.1, 0.15) is 17.5 Å². The third-order valence-electron chi connectivity index (χ3n) is 5.08. The lowest BCUT2D eigenvalue weighted by molar-refractivity contribution is -0.135. The van der Waals surface area contributed by atoms with Crippen LogP contribution in [0.2, 0.25) is 0 Å². The van der Waals surface area contributed by atoms with E-state index >= 15 is 0 Å². The zero-order chi connectivity index (χ0) is 19.1. The van der Waals surface area contributed by atoms with Gasteiger partial charge < -0.3 is 4.90 Å². The van der Waals surface area contributed by atoms with Gasteiger partial charge in [0.2, 0.25) is 15.9 Å². The molecule has 1 aromatic carbocycles. The second-order valence-corrected chi connectivity index (χ2v) is 11.2. The van der Waals surface area contributed by atoms with Crippen molar-refractivity contribution in [2.24, 2.45) is 5.92 Å². The first-order valence-electron chi connectivity index (χ1n) is 8.67. The highest BCUT2D eigenvalue weighted by atomic mass is 32.2. The molecule has 2 saturated heterocycles. The van der Waals surface area contributed by atoms with Crippen molar-refractivity contribution in [1.82, 2.24) is 9.21 Å². The summed E-state index contributed by atoms with van der Waals surface area (Å²) in [6, 6.07) is 5.24. The molecule has 0 radical (unpaired) electrons. The van der Waals surface area contributed by atoms with E-state index in [9.17, 15) is 21.6 Å². The molecule has 0 aromatic heterocycles. The van der Waals surface area contributed by atoms with Crippen LogP contribution in [0, 0.1) is 19.8 Å². The molecule has 9 heteroatoms. The molecule has 2 heterocycles. The van der Waals surface area contributed by atoms with E-state index in [-0.39, 0.29) is 30.5 Å². The Labute approximate surface area is 155 Å². The highest BCUT2D eigenvalue weighted by Crippen LogP contribution is 2.24. The van der Waals surface area contributed by atoms with Gasteiger partial charge >= 0.3 is 0 Å². The maximum Gasteiger partial charge on any atom is 0.243 e. The van der Waals surface area contributed by atoms with Crippen LogP contribution in [-0.4, -0.2) is 69.6 Å². The summed E-state index contributed by atoms with van der Waals surface area (Å²) >= 11 is 0. The van der Waals surface area contributed by atoms with Crippen LogP contribution in [0.3, 0.4) is 0 Å². The smallest absolute Gasteiger partial charge is 0.243 e. The molecule has 2 aliphatic heterocycles. The van der Waals surface area contributed by atoms with Gasteiger partial charge in [0.1, 0.15) is 0 Å². The van der Waals surface area contributed by atoms with E-state index in [0.717, 1.165) is 5.56 Å². The lowest BCUT2D eigenvalue weighted by atomic mass is 10.1. The third kappa shape index (κ3) is 3.79. The van der Waals surface area contributed by atoms with Gasteiger partial charge in [-0.15, -0.1) is 0 Å². The summed E-state index contributed by atoms with van der Waals surface area (Å²) < 4.78 is 50.3. The highest BCUT2D eigenvalue weighted by molar-refractivity contribution is 7.91. The van der Waals surface area contributed by atoms with E-state index in [1.807, 2.05) is 13.0 Å². The van der Waals surface area contributed by atoms with Crippen LogP contribution in [0.5, 0.6) is 0 Å². The Balaban J connectivity index is 1.67. The molecular weight excluding hydrogens is 376 g/mol. The van der Waals surface area contributed by atoms with Crippen LogP contribution < -0.4 is 0 Å². The van der Waals surface area contributed by atoms with Gasteiger partial charge in [-0.1, -0.05) is 17.7 Å². The first-order valence-corrected chi connectivity index (χ1v) is 11.9. The van der Waals surface area contributed by atoms with E-state index in [1.165, 1.54) is 4.31 Å². The lowest BCUT2D eigenvalue weighted by Gasteiger charge is -2.35. The minimum absolute atomic E-state index is 0.0600. The minimum atomic E-state index is -3.60. The number of carbonyl (C=O) groups is 1. The first kappa shape index (κ1) is 19.3. The average Bonchev–Trinajstić information content (AvgIpc) is 2.94. The highest BCUT2D eigenvalue weighted by Gasteiger charge is 2.37. The zero-order valence-electron chi connectivity index (χ0n) is 15.0. The Kier molecular flexibility index (Phi) is 5.15. The van der Waals surface area contributed by atoms with Gasteiger partial charge in [0.25, 0.3) is 0 Å². The van der Waals surface area contributed by atoms with Gasteiger partial charge in [-0.3, -0.25) is 4.79 Å². The number of hydrogen-bond acceptors (Lipinski definition) is 5. The van der Waals surface area contributed by atoms with Crippen molar-refractivity contribution in [1.29, 1.82) is 0 Å². The molecule has 0 unspecified atom stereocenters. The summed E-state index contributed by atoms with van der Waals surface area (Å²) in [6.07, 6.45) is 0.363. The Morgan fingerprint density at radius 2 is 1.77 bits per heavy atom. The number of nitrogens with zero attached hydrogens (tertiary/aromatic N) is 2. The number of sulfone groups is 1. The van der Waals surface area contributed by atoms with E-state index in [1.54, 1.807) is 24.0 Å². The van der Waals surface area contributed by atoms with Gasteiger partial charge in [-0.05, 0) is 31.9 Å². The van der Waals surface area contributed by atoms with Crippen LogP contribution in [-0.2, 0) is 24.7 Å². The fourth-order valence-corrected chi connectivity index (χ4v) is 6.99. The minimum Gasteiger partial charge on any atom is -0.340 e. The molecule has 0 aliphatic carbocycles. The van der Waals surface area contributed by atoms with Crippen LogP contribution in [0.4, 0.5) is 0 Å². The van der Waals surface area contributed by atoms with Crippen molar-refractivity contribution in [2.45, 2.75) is 25.2 Å². The molecule has 7 nitrogen and oxygen atoms in total. The van der Waals surface area contributed by atoms with E-state index < -0.39 is 25.8 Å². The predicted octanol–water partition coefficient (Wildman–Crippen LogP) is 0.571. The van der Waals surface area contributed by atoms with Gasteiger partial charge in [0.05, 0.1) is 22.3 Å². The third-order valence-corrected chi connectivity index (χ3v) is 8.91. The molecule has 1 atom stereocenters. The normalized spacial score (nSPS) is 23.9. The SMILES string of the molecule is Cc1ccc(S(=O)(=O)N2CCN(C(=O)[C@@H]3CCS(=O)(=O)C3)CC2)c(C)c1. The Morgan fingerprint density at radius 1 is 1.12 bits per heavy atom. The molecule has 144 valence electrons. The molecule has 0 bridgehead atoms. The van der Waals surface area contributed by atoms with Crippen molar-refractivity contribution in [2.75, 3.05) is 37.7 Å². The lowest BCUT2D eigenvalue weighted by Crippen LogP contribution is -2.52. The van der Waals surface area contributed by atoms with Crippen molar-refractivity contribution >= 4 is 25.8 Å². The summed E-state index contributed by atoms with van der Waals surface area (Å²) in [7, 11) is -6.71. The number of carbonyl (C=O) groups excluding carboxylic acids is 1. The summed E-state index contributed by atoms with van der Waals surface area (Å²) in [5, 5.41) is 0. The Hall–Kier alpha value is -1.45. The molecule has 26 heavy (non-hydrogen) atoms. The number of benzene rings is 1. The van der Waals surface area contributed by atoms with Crippen molar-refractivity contribution < 1.29 is 21.6 Å². The largest absolute Gasteiger partial charge is 0.340 e. The number of rotatable bonds is 3. The van der Waals surface area contributed by atoms with Crippen LogP contribution in [0.15, 0.2) is 23.1 Å². The van der Waals surface area contributed by atoms with Crippen molar-refractivity contribution in [3.63, 3.8) is 0 Å². The predicted molar refractivity (Wildman–Crippen MR) is 98.0 cm³/mol. The number of aryl methyl sites for hydroxylation is 2. The molecule has 0 N–H and O–H groups in total. The summed E-state index contributed by atoms with van der Waals surface area (Å²) in [5.74, 6) is -0.686. The second kappa shape index (κ2) is 6.94. The maximum atomic E-state index is 12.9. The summed E-state index contributed by atoms with van der Waals surface area (Å²) in [6.45, 7) is 4.72. The Morgan fingerprint density at radius 3 is 2.31 bits per heavy atom. The van der Waals surface area contributed by atoms with Gasteiger partial charge in [0, 0.05) is 26.2 Å². The fraction of sp³-hybridized carbons (Fsp3) is 0.588.